The van der Waals surface area contributed by atoms with Crippen molar-refractivity contribution in [2.24, 2.45) is 5.73 Å². The van der Waals surface area contributed by atoms with Gasteiger partial charge in [-0.25, -0.2) is 9.37 Å². The minimum Gasteiger partial charge on any atom is -0.481 e. The highest BCUT2D eigenvalue weighted by Crippen LogP contribution is 2.24. The molecule has 3 rings (SSSR count). The Morgan fingerprint density at radius 1 is 1.33 bits per heavy atom. The lowest BCUT2D eigenvalue weighted by molar-refractivity contribution is -0.137. The maximum Gasteiger partial charge on any atom is 0.304 e. The van der Waals surface area contributed by atoms with Crippen LogP contribution in [-0.2, 0) is 11.2 Å². The standard InChI is InChI=1S/C17H15ClFN5O3/c18-10-5-15(19)17(21-8-10)27-14-3-1-13(2-4-14)24-22-9-12(23-24)6-11(20)7-16(25)26/h1-5,8-9,11H,6-7,20H2,(H,25,26)/t11-/m0/s1. The zero-order valence-corrected chi connectivity index (χ0v) is 14.7. The molecule has 1 atom stereocenters. The Balaban J connectivity index is 1.67. The van der Waals surface area contributed by atoms with E-state index in [-0.39, 0.29) is 17.3 Å². The molecule has 27 heavy (non-hydrogen) atoms. The summed E-state index contributed by atoms with van der Waals surface area (Å²) in [6, 6.07) is 7.18. The molecule has 0 spiro atoms. The second kappa shape index (κ2) is 8.11. The topological polar surface area (TPSA) is 116 Å². The van der Waals surface area contributed by atoms with Gasteiger partial charge >= 0.3 is 5.97 Å². The van der Waals surface area contributed by atoms with E-state index in [1.807, 2.05) is 0 Å². The number of halogens is 2. The predicted molar refractivity (Wildman–Crippen MR) is 94.6 cm³/mol. The lowest BCUT2D eigenvalue weighted by Gasteiger charge is -2.07. The number of nitrogens with two attached hydrogens (primary N) is 1. The van der Waals surface area contributed by atoms with Gasteiger partial charge in [0.05, 0.1) is 29.0 Å². The monoisotopic (exact) mass is 391 g/mol. The summed E-state index contributed by atoms with van der Waals surface area (Å²) in [4.78, 5) is 15.8. The van der Waals surface area contributed by atoms with Crippen LogP contribution < -0.4 is 10.5 Å². The van der Waals surface area contributed by atoms with Crippen LogP contribution in [0.3, 0.4) is 0 Å². The van der Waals surface area contributed by atoms with Gasteiger partial charge in [0.1, 0.15) is 5.75 Å². The highest BCUT2D eigenvalue weighted by molar-refractivity contribution is 6.30. The molecule has 0 bridgehead atoms. The molecule has 1 aromatic carbocycles. The number of carbonyl (C=O) groups is 1. The van der Waals surface area contributed by atoms with E-state index in [1.54, 1.807) is 24.3 Å². The third kappa shape index (κ3) is 4.99. The number of carboxylic acid groups (broad SMARTS) is 1. The molecule has 0 radical (unpaired) electrons. The minimum atomic E-state index is -0.961. The van der Waals surface area contributed by atoms with Crippen LogP contribution in [0.15, 0.2) is 42.7 Å². The Hall–Kier alpha value is -3.04. The number of aromatic nitrogens is 4. The van der Waals surface area contributed by atoms with Crippen molar-refractivity contribution in [2.45, 2.75) is 18.9 Å². The second-order valence-electron chi connectivity index (χ2n) is 5.72. The Bertz CT molecular complexity index is 948. The largest absolute Gasteiger partial charge is 0.481 e. The minimum absolute atomic E-state index is 0.145. The van der Waals surface area contributed by atoms with Gasteiger partial charge in [-0.05, 0) is 30.3 Å². The van der Waals surface area contributed by atoms with Crippen LogP contribution >= 0.6 is 11.6 Å². The fourth-order valence-electron chi connectivity index (χ4n) is 2.31. The number of aliphatic carboxylic acids is 1. The number of pyridine rings is 1. The summed E-state index contributed by atoms with van der Waals surface area (Å²) < 4.78 is 19.1. The normalized spacial score (nSPS) is 12.0. The van der Waals surface area contributed by atoms with Crippen molar-refractivity contribution < 1.29 is 19.0 Å². The summed E-state index contributed by atoms with van der Waals surface area (Å²) in [5.74, 6) is -1.43. The number of rotatable bonds is 7. The van der Waals surface area contributed by atoms with Gasteiger partial charge in [-0.1, -0.05) is 11.6 Å². The molecule has 0 fully saturated rings. The summed E-state index contributed by atoms with van der Waals surface area (Å²) in [6.45, 7) is 0. The van der Waals surface area contributed by atoms with Crippen LogP contribution in [-0.4, -0.2) is 37.1 Å². The van der Waals surface area contributed by atoms with E-state index in [0.29, 0.717) is 23.6 Å². The van der Waals surface area contributed by atoms with E-state index in [0.717, 1.165) is 6.07 Å². The van der Waals surface area contributed by atoms with Crippen molar-refractivity contribution in [1.29, 1.82) is 0 Å². The van der Waals surface area contributed by atoms with E-state index in [1.165, 1.54) is 17.2 Å². The average molecular weight is 392 g/mol. The molecule has 0 amide bonds. The summed E-state index contributed by atoms with van der Waals surface area (Å²) in [6.07, 6.45) is 2.97. The molecule has 8 nitrogen and oxygen atoms in total. The number of hydrogen-bond acceptors (Lipinski definition) is 6. The summed E-state index contributed by atoms with van der Waals surface area (Å²) in [5, 5.41) is 17.3. The van der Waals surface area contributed by atoms with Gasteiger partial charge in [0.2, 0.25) is 0 Å². The number of carboxylic acids is 1. The van der Waals surface area contributed by atoms with Crippen LogP contribution in [0.4, 0.5) is 4.39 Å². The van der Waals surface area contributed by atoms with Crippen molar-refractivity contribution in [2.75, 3.05) is 0 Å². The van der Waals surface area contributed by atoms with E-state index in [2.05, 4.69) is 15.2 Å². The van der Waals surface area contributed by atoms with E-state index < -0.39 is 17.8 Å². The van der Waals surface area contributed by atoms with Crippen LogP contribution in [0, 0.1) is 5.82 Å². The number of nitrogens with zero attached hydrogens (tertiary/aromatic N) is 4. The fourth-order valence-corrected chi connectivity index (χ4v) is 2.46. The van der Waals surface area contributed by atoms with Crippen molar-refractivity contribution in [3.05, 3.63) is 59.3 Å². The molecular formula is C17H15ClFN5O3. The highest BCUT2D eigenvalue weighted by Gasteiger charge is 2.12. The quantitative estimate of drug-likeness (QED) is 0.635. The van der Waals surface area contributed by atoms with Crippen LogP contribution in [0.25, 0.3) is 5.69 Å². The maximum atomic E-state index is 13.7. The lowest BCUT2D eigenvalue weighted by Crippen LogP contribution is -2.26. The van der Waals surface area contributed by atoms with Gasteiger partial charge in [0.15, 0.2) is 5.82 Å². The first-order valence-corrected chi connectivity index (χ1v) is 8.26. The number of benzene rings is 1. The average Bonchev–Trinajstić information content (AvgIpc) is 3.05. The van der Waals surface area contributed by atoms with Crippen LogP contribution in [0.2, 0.25) is 5.02 Å². The van der Waals surface area contributed by atoms with Crippen LogP contribution in [0.5, 0.6) is 11.6 Å². The summed E-state index contributed by atoms with van der Waals surface area (Å²) in [7, 11) is 0. The van der Waals surface area contributed by atoms with Crippen LogP contribution in [0.1, 0.15) is 12.1 Å². The SMILES string of the molecule is N[C@H](CC(=O)O)Cc1cnn(-c2ccc(Oc3ncc(Cl)cc3F)cc2)n1. The van der Waals surface area contributed by atoms with Crippen molar-refractivity contribution >= 4 is 17.6 Å². The first-order valence-electron chi connectivity index (χ1n) is 7.88. The third-order valence-electron chi connectivity index (χ3n) is 3.50. The summed E-state index contributed by atoms with van der Waals surface area (Å²) >= 11 is 5.66. The number of ether oxygens (including phenoxy) is 1. The predicted octanol–water partition coefficient (Wildman–Crippen LogP) is 2.59. The van der Waals surface area contributed by atoms with Crippen molar-refractivity contribution in [3.63, 3.8) is 0 Å². The molecule has 0 saturated heterocycles. The van der Waals surface area contributed by atoms with Crippen molar-refractivity contribution in [1.82, 2.24) is 20.0 Å². The Labute approximate surface area is 158 Å². The molecule has 10 heteroatoms. The fraction of sp³-hybridized carbons (Fsp3) is 0.176. The third-order valence-corrected chi connectivity index (χ3v) is 3.71. The van der Waals surface area contributed by atoms with Gasteiger partial charge in [-0.15, -0.1) is 0 Å². The van der Waals surface area contributed by atoms with Gasteiger partial charge in [-0.3, -0.25) is 4.79 Å². The first kappa shape index (κ1) is 18.7. The lowest BCUT2D eigenvalue weighted by atomic mass is 10.1. The molecule has 3 aromatic rings. The van der Waals surface area contributed by atoms with E-state index >= 15 is 0 Å². The van der Waals surface area contributed by atoms with Gasteiger partial charge in [-0.2, -0.15) is 15.0 Å². The first-order chi connectivity index (χ1) is 12.9. The molecule has 3 N–H and O–H groups in total. The zero-order valence-electron chi connectivity index (χ0n) is 13.9. The molecule has 0 aliphatic rings. The molecule has 2 heterocycles. The zero-order chi connectivity index (χ0) is 19.4. The molecule has 0 saturated carbocycles. The van der Waals surface area contributed by atoms with Gasteiger partial charge in [0, 0.05) is 18.7 Å². The van der Waals surface area contributed by atoms with Gasteiger partial charge < -0.3 is 15.6 Å². The van der Waals surface area contributed by atoms with Crippen molar-refractivity contribution in [3.8, 4) is 17.3 Å². The highest BCUT2D eigenvalue weighted by atomic mass is 35.5. The second-order valence-corrected chi connectivity index (χ2v) is 6.16. The summed E-state index contributed by atoms with van der Waals surface area (Å²) in [5.41, 5.74) is 6.97. The smallest absolute Gasteiger partial charge is 0.304 e. The number of hydrogen-bond donors (Lipinski definition) is 2. The Morgan fingerprint density at radius 3 is 2.74 bits per heavy atom. The Kier molecular flexibility index (Phi) is 5.63. The molecule has 0 unspecified atom stereocenters. The van der Waals surface area contributed by atoms with E-state index in [9.17, 15) is 9.18 Å². The molecule has 0 aliphatic carbocycles. The maximum absolute atomic E-state index is 13.7. The Morgan fingerprint density at radius 2 is 2.07 bits per heavy atom. The molecule has 2 aromatic heterocycles. The molecule has 140 valence electrons. The van der Waals surface area contributed by atoms with E-state index in [4.69, 9.17) is 27.2 Å². The molecular weight excluding hydrogens is 377 g/mol. The molecule has 0 aliphatic heterocycles. The van der Waals surface area contributed by atoms with Gasteiger partial charge in [0.25, 0.3) is 5.88 Å².